The maximum atomic E-state index is 12.9. The number of rotatable bonds is 8. The normalized spacial score (nSPS) is 19.2. The summed E-state index contributed by atoms with van der Waals surface area (Å²) in [6.45, 7) is 2.04. The Labute approximate surface area is 214 Å². The summed E-state index contributed by atoms with van der Waals surface area (Å²) in [5, 5.41) is 6.27. The summed E-state index contributed by atoms with van der Waals surface area (Å²) in [7, 11) is 1.65. The molecule has 0 spiro atoms. The maximum Gasteiger partial charge on any atom is 0.358 e. The van der Waals surface area contributed by atoms with Gasteiger partial charge in [-0.1, -0.05) is 6.07 Å². The molecule has 4 amide bonds. The second-order valence-electron chi connectivity index (χ2n) is 8.73. The van der Waals surface area contributed by atoms with Gasteiger partial charge in [-0.05, 0) is 44.5 Å². The Bertz CT molecular complexity index is 1050. The highest BCUT2D eigenvalue weighted by Crippen LogP contribution is 2.32. The lowest BCUT2D eigenvalue weighted by atomic mass is 10.1. The number of benzene rings is 1. The van der Waals surface area contributed by atoms with Crippen LogP contribution in [0.4, 0.5) is 4.79 Å². The fourth-order valence-electron chi connectivity index (χ4n) is 4.09. The molecule has 0 radical (unpaired) electrons. The van der Waals surface area contributed by atoms with Crippen molar-refractivity contribution in [1.82, 2.24) is 25.8 Å². The van der Waals surface area contributed by atoms with E-state index in [2.05, 4.69) is 10.7 Å². The van der Waals surface area contributed by atoms with Gasteiger partial charge in [-0.15, -0.1) is 0 Å². The second-order valence-corrected chi connectivity index (χ2v) is 8.73. The molecule has 4 rings (SSSR count). The molecule has 2 atom stereocenters. The molecule has 0 bridgehead atoms. The lowest BCUT2D eigenvalue weighted by molar-refractivity contribution is -0.151. The molecule has 3 aliphatic rings. The van der Waals surface area contributed by atoms with Crippen molar-refractivity contribution in [2.24, 2.45) is 0 Å². The Hall–Kier alpha value is -4.00. The molecule has 2 N–H and O–H groups in total. The van der Waals surface area contributed by atoms with E-state index in [9.17, 15) is 28.8 Å². The zero-order chi connectivity index (χ0) is 26.9. The number of aldehydes is 2. The van der Waals surface area contributed by atoms with E-state index in [0.29, 0.717) is 49.2 Å². The molecule has 0 aliphatic carbocycles. The Morgan fingerprint density at radius 2 is 1.92 bits per heavy atom. The minimum atomic E-state index is -0.712. The van der Waals surface area contributed by atoms with Gasteiger partial charge in [0.05, 0.1) is 19.0 Å². The summed E-state index contributed by atoms with van der Waals surface area (Å²) < 4.78 is 10.5. The van der Waals surface area contributed by atoms with Gasteiger partial charge in [0, 0.05) is 19.4 Å². The van der Waals surface area contributed by atoms with Gasteiger partial charge in [0.15, 0.2) is 11.5 Å². The van der Waals surface area contributed by atoms with E-state index in [4.69, 9.17) is 9.47 Å². The molecular weight excluding hydrogens is 486 g/mol. The molecule has 3 aliphatic heterocycles. The fourth-order valence-corrected chi connectivity index (χ4v) is 4.09. The molecule has 2 saturated heterocycles. The zero-order valence-electron chi connectivity index (χ0n) is 20.8. The summed E-state index contributed by atoms with van der Waals surface area (Å²) in [5.41, 5.74) is 3.26. The molecule has 0 unspecified atom stereocenters. The van der Waals surface area contributed by atoms with Crippen LogP contribution in [0.25, 0.3) is 0 Å². The predicted molar refractivity (Wildman–Crippen MR) is 128 cm³/mol. The average molecular weight is 518 g/mol. The summed E-state index contributed by atoms with van der Waals surface area (Å²) in [4.78, 5) is 69.5. The zero-order valence-corrected chi connectivity index (χ0v) is 20.8. The second kappa shape index (κ2) is 12.8. The monoisotopic (exact) mass is 517 g/mol. The largest absolute Gasteiger partial charge is 0.454 e. The van der Waals surface area contributed by atoms with Crippen LogP contribution in [0.15, 0.2) is 18.2 Å². The average Bonchev–Trinajstić information content (AvgIpc) is 3.32. The number of hydrogen-bond acceptors (Lipinski definition) is 9. The molecule has 3 heterocycles. The number of urea groups is 1. The van der Waals surface area contributed by atoms with Crippen molar-refractivity contribution in [3.8, 4) is 11.5 Å². The third-order valence-electron chi connectivity index (χ3n) is 5.97. The van der Waals surface area contributed by atoms with Crippen LogP contribution in [-0.4, -0.2) is 90.2 Å². The van der Waals surface area contributed by atoms with Crippen molar-refractivity contribution in [3.05, 3.63) is 23.8 Å². The van der Waals surface area contributed by atoms with Gasteiger partial charge < -0.3 is 24.4 Å². The quantitative estimate of drug-likeness (QED) is 0.453. The first-order valence-corrected chi connectivity index (χ1v) is 11.9. The van der Waals surface area contributed by atoms with Crippen LogP contribution >= 0.6 is 0 Å². The van der Waals surface area contributed by atoms with Crippen molar-refractivity contribution in [2.75, 3.05) is 26.9 Å². The number of carbonyl (C=O) groups excluding carboxylic acids is 6. The first kappa shape index (κ1) is 27.6. The van der Waals surface area contributed by atoms with Crippen LogP contribution < -0.4 is 20.2 Å². The first-order chi connectivity index (χ1) is 17.8. The summed E-state index contributed by atoms with van der Waals surface area (Å²) in [6.07, 6.45) is 2.91. The van der Waals surface area contributed by atoms with Crippen LogP contribution in [0.3, 0.4) is 0 Å². The Morgan fingerprint density at radius 1 is 1.16 bits per heavy atom. The minimum absolute atomic E-state index is 0.0230. The minimum Gasteiger partial charge on any atom is -0.454 e. The van der Waals surface area contributed by atoms with Gasteiger partial charge >= 0.3 is 6.03 Å². The molecular formula is C24H31N5O8. The van der Waals surface area contributed by atoms with Crippen molar-refractivity contribution in [3.63, 3.8) is 0 Å². The molecule has 200 valence electrons. The number of carbonyl (C=O) groups is 6. The van der Waals surface area contributed by atoms with Crippen LogP contribution in [0, 0.1) is 0 Å². The lowest BCUT2D eigenvalue weighted by Gasteiger charge is -2.41. The van der Waals surface area contributed by atoms with Crippen LogP contribution in [0.2, 0.25) is 0 Å². The summed E-state index contributed by atoms with van der Waals surface area (Å²) in [5.74, 6) is 0.566. The Balaban J connectivity index is 0.000000364. The predicted octanol–water partition coefficient (Wildman–Crippen LogP) is -0.0260. The standard InChI is InChI=1S/C18H20N4O6.C6H11NO2/c23-10-13-2-1-6-21-17(25)5-7-20(18(26)22(13)21)19-16(24)9-12-3-4-14-15(8-12)28-11-27-14;1-5(9)3-6(4-8)7-2/h3-4,8,10,13H,1-2,5-7,9,11H2,(H,19,24);4,6-7H,3H2,1-2H3/t13-;6-/m00/s1. The van der Waals surface area contributed by atoms with Crippen LogP contribution in [0.5, 0.6) is 11.5 Å². The lowest BCUT2D eigenvalue weighted by Crippen LogP contribution is -2.61. The smallest absolute Gasteiger partial charge is 0.358 e. The number of ketones is 1. The van der Waals surface area contributed by atoms with Gasteiger partial charge in [0.1, 0.15) is 24.4 Å². The number of nitrogens with zero attached hydrogens (tertiary/aromatic N) is 3. The van der Waals surface area contributed by atoms with Gasteiger partial charge in [0.25, 0.3) is 0 Å². The molecule has 1 aromatic rings. The number of fused-ring (bicyclic) bond motifs is 2. The van der Waals surface area contributed by atoms with E-state index in [-0.39, 0.29) is 43.9 Å². The van der Waals surface area contributed by atoms with Gasteiger partial charge in [-0.25, -0.2) is 19.8 Å². The third kappa shape index (κ3) is 7.03. The number of hydrazine groups is 2. The summed E-state index contributed by atoms with van der Waals surface area (Å²) >= 11 is 0. The molecule has 13 heteroatoms. The SMILES string of the molecule is CN[C@H](C=O)CC(C)=O.O=C[C@@H]1CCCN2C(=O)CCN(NC(=O)Cc3ccc4c(c3)OCO4)C(=O)N12. The van der Waals surface area contributed by atoms with Crippen molar-refractivity contribution >= 4 is 36.2 Å². The van der Waals surface area contributed by atoms with Gasteiger partial charge in [-0.2, -0.15) is 0 Å². The Morgan fingerprint density at radius 3 is 2.57 bits per heavy atom. The van der Waals surface area contributed by atoms with E-state index in [1.807, 2.05) is 0 Å². The molecule has 13 nitrogen and oxygen atoms in total. The topological polar surface area (TPSA) is 155 Å². The van der Waals surface area contributed by atoms with Crippen LogP contribution in [-0.2, 0) is 30.4 Å². The molecule has 37 heavy (non-hydrogen) atoms. The number of Topliss-reactive ketones (excluding diaryl/α,β-unsaturated/α-hetero) is 1. The van der Waals surface area contributed by atoms with Crippen molar-refractivity contribution in [2.45, 2.75) is 51.1 Å². The summed E-state index contributed by atoms with van der Waals surface area (Å²) in [6, 6.07) is 3.59. The number of ether oxygens (including phenoxy) is 2. The highest BCUT2D eigenvalue weighted by Gasteiger charge is 2.41. The van der Waals surface area contributed by atoms with Crippen molar-refractivity contribution in [1.29, 1.82) is 0 Å². The Kier molecular flexibility index (Phi) is 9.55. The molecule has 1 aromatic carbocycles. The maximum absolute atomic E-state index is 12.9. The first-order valence-electron chi connectivity index (χ1n) is 11.9. The number of hydrogen-bond donors (Lipinski definition) is 2. The van der Waals surface area contributed by atoms with Crippen LogP contribution in [0.1, 0.15) is 38.2 Å². The number of amides is 4. The third-order valence-corrected chi connectivity index (χ3v) is 5.97. The van der Waals surface area contributed by atoms with E-state index in [0.717, 1.165) is 16.3 Å². The highest BCUT2D eigenvalue weighted by molar-refractivity contribution is 5.88. The van der Waals surface area contributed by atoms with Gasteiger partial charge in [0.2, 0.25) is 18.6 Å². The van der Waals surface area contributed by atoms with Crippen molar-refractivity contribution < 1.29 is 38.2 Å². The number of nitrogens with one attached hydrogen (secondary N) is 2. The van der Waals surface area contributed by atoms with Gasteiger partial charge in [-0.3, -0.25) is 19.8 Å². The molecule has 0 saturated carbocycles. The molecule has 2 fully saturated rings. The fraction of sp³-hybridized carbons (Fsp3) is 0.500. The van der Waals surface area contributed by atoms with E-state index in [1.165, 1.54) is 11.9 Å². The highest BCUT2D eigenvalue weighted by atomic mass is 16.7. The molecule has 0 aromatic heterocycles. The van der Waals surface area contributed by atoms with E-state index in [1.54, 1.807) is 25.2 Å². The number of likely N-dealkylation sites (N-methyl/N-ethyl adjacent to an activating group) is 1. The van der Waals surface area contributed by atoms with E-state index >= 15 is 0 Å². The van der Waals surface area contributed by atoms with E-state index < -0.39 is 18.0 Å².